The van der Waals surface area contributed by atoms with Gasteiger partial charge in [0.1, 0.15) is 12.5 Å². The Morgan fingerprint density at radius 3 is 2.59 bits per heavy atom. The Balaban J connectivity index is 1.49. The van der Waals surface area contributed by atoms with Gasteiger partial charge in [-0.15, -0.1) is 0 Å². The molecular weight excluding hydrogens is 376 g/mol. The lowest BCUT2D eigenvalue weighted by atomic mass is 10.0. The fourth-order valence-corrected chi connectivity index (χ4v) is 3.15. The van der Waals surface area contributed by atoms with Crippen LogP contribution in [0.25, 0.3) is 11.1 Å². The highest BCUT2D eigenvalue weighted by molar-refractivity contribution is 5.63. The second-order valence-electron chi connectivity index (χ2n) is 6.97. The molecule has 4 rings (SSSR count). The van der Waals surface area contributed by atoms with E-state index in [9.17, 15) is 8.78 Å². The predicted octanol–water partition coefficient (Wildman–Crippen LogP) is 4.09. The van der Waals surface area contributed by atoms with Gasteiger partial charge in [-0.3, -0.25) is 4.98 Å². The Morgan fingerprint density at radius 1 is 1.07 bits per heavy atom. The monoisotopic (exact) mass is 397 g/mol. The fraction of sp³-hybridized carbons (Fsp3) is 0.286. The van der Waals surface area contributed by atoms with Crippen LogP contribution in [0.1, 0.15) is 24.2 Å². The van der Waals surface area contributed by atoms with E-state index in [0.717, 1.165) is 23.0 Å². The molecule has 0 radical (unpaired) electrons. The first-order chi connectivity index (χ1) is 14.0. The summed E-state index contributed by atoms with van der Waals surface area (Å²) in [6.07, 6.45) is 2.90. The first-order valence-corrected chi connectivity index (χ1v) is 9.35. The third-order valence-electron chi connectivity index (χ3n) is 4.84. The van der Waals surface area contributed by atoms with Crippen LogP contribution in [0, 0.1) is 18.6 Å². The van der Waals surface area contributed by atoms with Crippen LogP contribution in [0.4, 0.5) is 20.5 Å². The maximum Gasteiger partial charge on any atom is 0.225 e. The summed E-state index contributed by atoms with van der Waals surface area (Å²) in [7, 11) is 0. The largest absolute Gasteiger partial charge is 0.359 e. The minimum Gasteiger partial charge on any atom is -0.359 e. The smallest absolute Gasteiger partial charge is 0.225 e. The number of halogens is 2. The molecular formula is C21H21F2N5O. The zero-order chi connectivity index (χ0) is 20.4. The number of aromatic nitrogens is 3. The quantitative estimate of drug-likeness (QED) is 0.700. The number of anilines is 2. The van der Waals surface area contributed by atoms with E-state index in [1.165, 1.54) is 6.07 Å². The molecule has 3 heterocycles. The Kier molecular flexibility index (Phi) is 5.35. The van der Waals surface area contributed by atoms with Crippen molar-refractivity contribution in [1.29, 1.82) is 0 Å². The summed E-state index contributed by atoms with van der Waals surface area (Å²) in [6.45, 7) is 5.11. The molecule has 2 aromatic heterocycles. The van der Waals surface area contributed by atoms with E-state index in [2.05, 4.69) is 20.3 Å². The standard InChI is InChI=1S/C21H21F2N5O/c1-13-9-15(3-5-17(13)22)16-4-6-19(24-10-16)14(2)26-21-25-11-18(23)20(27-21)28-7-8-29-12-28/h3-6,9-11,14H,7-8,12H2,1-2H3,(H,25,26,27). The van der Waals surface area contributed by atoms with Crippen molar-refractivity contribution >= 4 is 11.8 Å². The second kappa shape index (κ2) is 8.08. The van der Waals surface area contributed by atoms with Crippen LogP contribution in [-0.4, -0.2) is 34.8 Å². The molecule has 3 aromatic rings. The first kappa shape index (κ1) is 19.2. The van der Waals surface area contributed by atoms with E-state index >= 15 is 0 Å². The normalized spacial score (nSPS) is 14.8. The molecule has 1 aromatic carbocycles. The molecule has 0 bridgehead atoms. The highest BCUT2D eigenvalue weighted by atomic mass is 19.1. The zero-order valence-electron chi connectivity index (χ0n) is 16.2. The van der Waals surface area contributed by atoms with Gasteiger partial charge in [-0.25, -0.2) is 13.8 Å². The molecule has 0 amide bonds. The van der Waals surface area contributed by atoms with Gasteiger partial charge in [-0.2, -0.15) is 4.98 Å². The topological polar surface area (TPSA) is 63.2 Å². The second-order valence-corrected chi connectivity index (χ2v) is 6.97. The van der Waals surface area contributed by atoms with Gasteiger partial charge in [0.15, 0.2) is 11.6 Å². The van der Waals surface area contributed by atoms with Crippen molar-refractivity contribution in [1.82, 2.24) is 15.0 Å². The maximum atomic E-state index is 14.1. The molecule has 1 aliphatic heterocycles. The van der Waals surface area contributed by atoms with Gasteiger partial charge in [0, 0.05) is 18.3 Å². The van der Waals surface area contributed by atoms with Gasteiger partial charge in [-0.1, -0.05) is 12.1 Å². The third-order valence-corrected chi connectivity index (χ3v) is 4.84. The molecule has 1 unspecified atom stereocenters. The molecule has 0 saturated carbocycles. The van der Waals surface area contributed by atoms with Crippen molar-refractivity contribution in [3.63, 3.8) is 0 Å². The van der Waals surface area contributed by atoms with Gasteiger partial charge >= 0.3 is 0 Å². The Morgan fingerprint density at radius 2 is 1.90 bits per heavy atom. The van der Waals surface area contributed by atoms with Gasteiger partial charge in [-0.05, 0) is 43.2 Å². The van der Waals surface area contributed by atoms with E-state index in [1.54, 1.807) is 30.2 Å². The summed E-state index contributed by atoms with van der Waals surface area (Å²) in [5.74, 6) is -0.163. The lowest BCUT2D eigenvalue weighted by Gasteiger charge is -2.18. The average Bonchev–Trinajstić information content (AvgIpc) is 3.26. The summed E-state index contributed by atoms with van der Waals surface area (Å²) in [6, 6.07) is 8.63. The number of ether oxygens (including phenoxy) is 1. The van der Waals surface area contributed by atoms with Crippen LogP contribution in [0.3, 0.4) is 0 Å². The highest BCUT2D eigenvalue weighted by Crippen LogP contribution is 2.24. The SMILES string of the molecule is Cc1cc(-c2ccc(C(C)Nc3ncc(F)c(N4CCOC4)n3)nc2)ccc1F. The minimum atomic E-state index is -0.481. The molecule has 1 saturated heterocycles. The van der Waals surface area contributed by atoms with Crippen molar-refractivity contribution < 1.29 is 13.5 Å². The minimum absolute atomic E-state index is 0.188. The van der Waals surface area contributed by atoms with Crippen LogP contribution in [0.15, 0.2) is 42.7 Å². The zero-order valence-corrected chi connectivity index (χ0v) is 16.2. The fourth-order valence-electron chi connectivity index (χ4n) is 3.15. The lowest BCUT2D eigenvalue weighted by molar-refractivity contribution is 0.200. The Labute approximate surface area is 167 Å². The van der Waals surface area contributed by atoms with Crippen LogP contribution in [0.5, 0.6) is 0 Å². The number of aryl methyl sites for hydroxylation is 1. The van der Waals surface area contributed by atoms with Crippen molar-refractivity contribution in [2.75, 3.05) is 30.1 Å². The van der Waals surface area contributed by atoms with E-state index < -0.39 is 5.82 Å². The van der Waals surface area contributed by atoms with E-state index in [1.807, 2.05) is 19.1 Å². The van der Waals surface area contributed by atoms with Gasteiger partial charge in [0.05, 0.1) is 24.5 Å². The summed E-state index contributed by atoms with van der Waals surface area (Å²) in [5, 5.41) is 3.16. The third kappa shape index (κ3) is 4.17. The molecule has 29 heavy (non-hydrogen) atoms. The van der Waals surface area contributed by atoms with Crippen molar-refractivity contribution in [2.45, 2.75) is 19.9 Å². The Bertz CT molecular complexity index is 1010. The lowest BCUT2D eigenvalue weighted by Crippen LogP contribution is -2.22. The van der Waals surface area contributed by atoms with E-state index in [0.29, 0.717) is 31.4 Å². The molecule has 1 fully saturated rings. The van der Waals surface area contributed by atoms with Gasteiger partial charge in [0.2, 0.25) is 5.95 Å². The number of hydrogen-bond acceptors (Lipinski definition) is 6. The molecule has 1 N–H and O–H groups in total. The molecule has 1 aliphatic rings. The first-order valence-electron chi connectivity index (χ1n) is 9.35. The van der Waals surface area contributed by atoms with Gasteiger partial charge in [0.25, 0.3) is 0 Å². The van der Waals surface area contributed by atoms with Crippen LogP contribution in [-0.2, 0) is 4.74 Å². The number of pyridine rings is 1. The molecule has 0 spiro atoms. The Hall–Kier alpha value is -3.13. The van der Waals surface area contributed by atoms with Crippen LogP contribution < -0.4 is 10.2 Å². The molecule has 8 heteroatoms. The van der Waals surface area contributed by atoms with E-state index in [-0.39, 0.29) is 17.7 Å². The van der Waals surface area contributed by atoms with E-state index in [4.69, 9.17) is 4.74 Å². The van der Waals surface area contributed by atoms with Crippen LogP contribution >= 0.6 is 0 Å². The average molecular weight is 397 g/mol. The van der Waals surface area contributed by atoms with Gasteiger partial charge < -0.3 is 15.0 Å². The molecule has 150 valence electrons. The van der Waals surface area contributed by atoms with Crippen molar-refractivity contribution in [2.24, 2.45) is 0 Å². The summed E-state index contributed by atoms with van der Waals surface area (Å²) >= 11 is 0. The number of nitrogens with zero attached hydrogens (tertiary/aromatic N) is 4. The summed E-state index contributed by atoms with van der Waals surface area (Å²) in [5.41, 5.74) is 3.18. The van der Waals surface area contributed by atoms with Crippen molar-refractivity contribution in [3.8, 4) is 11.1 Å². The number of hydrogen-bond donors (Lipinski definition) is 1. The number of benzene rings is 1. The van der Waals surface area contributed by atoms with Crippen LogP contribution in [0.2, 0.25) is 0 Å². The molecule has 0 aliphatic carbocycles. The number of rotatable bonds is 5. The summed E-state index contributed by atoms with van der Waals surface area (Å²) in [4.78, 5) is 14.6. The maximum absolute atomic E-state index is 14.1. The predicted molar refractivity (Wildman–Crippen MR) is 107 cm³/mol. The molecule has 6 nitrogen and oxygen atoms in total. The summed E-state index contributed by atoms with van der Waals surface area (Å²) < 4.78 is 32.8. The highest BCUT2D eigenvalue weighted by Gasteiger charge is 2.20. The van der Waals surface area contributed by atoms with Crippen molar-refractivity contribution in [3.05, 3.63) is 65.6 Å². The molecule has 1 atom stereocenters. The number of nitrogens with one attached hydrogen (secondary N) is 1.